The topological polar surface area (TPSA) is 78.8 Å². The molecule has 1 saturated carbocycles. The summed E-state index contributed by atoms with van der Waals surface area (Å²) in [5.41, 5.74) is -1.05. The molecule has 2 rings (SSSR count). The summed E-state index contributed by atoms with van der Waals surface area (Å²) in [6.45, 7) is 3.30. The molecule has 0 spiro atoms. The number of carbonyl (C=O) groups excluding carboxylic acids is 1. The predicted octanol–water partition coefficient (Wildman–Crippen LogP) is 1.75. The van der Waals surface area contributed by atoms with Crippen molar-refractivity contribution in [2.45, 2.75) is 44.4 Å². The molecule has 122 valence electrons. The van der Waals surface area contributed by atoms with Crippen LogP contribution in [0.5, 0.6) is 5.75 Å². The standard InChI is InChI=1S/C16H22ClNO4/c1-16(2,22-13-5-3-11(17)4-6-13)15(21)18-12-7-10(9-19)14(20)8-12/h3-6,10,12,14,19-20H,7-9H2,1-2H3,(H,18,21)/t10-,12+,14-/m1/s1. The van der Waals surface area contributed by atoms with Gasteiger partial charge in [0.05, 0.1) is 6.10 Å². The van der Waals surface area contributed by atoms with Crippen LogP contribution < -0.4 is 10.1 Å². The van der Waals surface area contributed by atoms with E-state index in [1.165, 1.54) is 0 Å². The van der Waals surface area contributed by atoms with Crippen molar-refractivity contribution >= 4 is 17.5 Å². The van der Waals surface area contributed by atoms with E-state index in [1.807, 2.05) is 0 Å². The number of benzene rings is 1. The monoisotopic (exact) mass is 327 g/mol. The Morgan fingerprint density at radius 1 is 1.36 bits per heavy atom. The Labute approximate surface area is 135 Å². The highest BCUT2D eigenvalue weighted by molar-refractivity contribution is 6.30. The number of aliphatic hydroxyl groups is 2. The van der Waals surface area contributed by atoms with Crippen molar-refractivity contribution in [3.05, 3.63) is 29.3 Å². The molecule has 0 saturated heterocycles. The van der Waals surface area contributed by atoms with Crippen LogP contribution in [0.2, 0.25) is 5.02 Å². The Balaban J connectivity index is 1.94. The van der Waals surface area contributed by atoms with Crippen molar-refractivity contribution in [2.75, 3.05) is 6.61 Å². The normalized spacial score (nSPS) is 25.0. The summed E-state index contributed by atoms with van der Waals surface area (Å²) >= 11 is 5.82. The van der Waals surface area contributed by atoms with Crippen LogP contribution in [-0.2, 0) is 4.79 Å². The lowest BCUT2D eigenvalue weighted by molar-refractivity contribution is -0.135. The first-order valence-electron chi connectivity index (χ1n) is 7.36. The molecule has 1 fully saturated rings. The van der Waals surface area contributed by atoms with E-state index in [-0.39, 0.29) is 24.5 Å². The molecule has 1 aromatic rings. The maximum absolute atomic E-state index is 12.4. The van der Waals surface area contributed by atoms with Crippen molar-refractivity contribution in [3.8, 4) is 5.75 Å². The largest absolute Gasteiger partial charge is 0.478 e. The van der Waals surface area contributed by atoms with E-state index in [0.717, 1.165) is 0 Å². The third-order valence-corrected chi connectivity index (χ3v) is 4.21. The molecule has 0 aliphatic heterocycles. The van der Waals surface area contributed by atoms with E-state index in [1.54, 1.807) is 38.1 Å². The van der Waals surface area contributed by atoms with Gasteiger partial charge in [0.1, 0.15) is 5.75 Å². The summed E-state index contributed by atoms with van der Waals surface area (Å²) in [6, 6.07) is 6.66. The zero-order valence-electron chi connectivity index (χ0n) is 12.8. The fourth-order valence-electron chi connectivity index (χ4n) is 2.62. The molecule has 1 aliphatic rings. The van der Waals surface area contributed by atoms with Crippen molar-refractivity contribution < 1.29 is 19.7 Å². The molecule has 1 amide bonds. The number of rotatable bonds is 5. The first-order chi connectivity index (χ1) is 10.3. The second-order valence-corrected chi connectivity index (χ2v) is 6.65. The van der Waals surface area contributed by atoms with Crippen LogP contribution in [0.1, 0.15) is 26.7 Å². The smallest absolute Gasteiger partial charge is 0.263 e. The molecule has 3 N–H and O–H groups in total. The Kier molecular flexibility index (Phi) is 5.32. The number of amides is 1. The molecule has 0 aromatic heterocycles. The molecular formula is C16H22ClNO4. The van der Waals surface area contributed by atoms with Crippen LogP contribution >= 0.6 is 11.6 Å². The average Bonchev–Trinajstić information content (AvgIpc) is 2.81. The van der Waals surface area contributed by atoms with Crippen molar-refractivity contribution in [1.82, 2.24) is 5.32 Å². The SMILES string of the molecule is CC(C)(Oc1ccc(Cl)cc1)C(=O)N[C@H]1C[C@H](CO)[C@H](O)C1. The van der Waals surface area contributed by atoms with Gasteiger partial charge in [-0.05, 0) is 51.0 Å². The van der Waals surface area contributed by atoms with E-state index in [0.29, 0.717) is 23.6 Å². The van der Waals surface area contributed by atoms with Gasteiger partial charge >= 0.3 is 0 Å². The Morgan fingerprint density at radius 2 is 2.00 bits per heavy atom. The number of hydrogen-bond acceptors (Lipinski definition) is 4. The van der Waals surface area contributed by atoms with E-state index in [4.69, 9.17) is 21.4 Å². The van der Waals surface area contributed by atoms with Crippen LogP contribution in [0.15, 0.2) is 24.3 Å². The van der Waals surface area contributed by atoms with Crippen LogP contribution in [0.3, 0.4) is 0 Å². The van der Waals surface area contributed by atoms with Gasteiger partial charge in [-0.3, -0.25) is 4.79 Å². The van der Waals surface area contributed by atoms with E-state index >= 15 is 0 Å². The summed E-state index contributed by atoms with van der Waals surface area (Å²) < 4.78 is 5.73. The molecule has 0 unspecified atom stereocenters. The second-order valence-electron chi connectivity index (χ2n) is 6.22. The van der Waals surface area contributed by atoms with Crippen molar-refractivity contribution in [1.29, 1.82) is 0 Å². The Bertz CT molecular complexity index is 517. The first-order valence-corrected chi connectivity index (χ1v) is 7.74. The number of halogens is 1. The third-order valence-electron chi connectivity index (χ3n) is 3.96. The highest BCUT2D eigenvalue weighted by atomic mass is 35.5. The highest BCUT2D eigenvalue weighted by Gasteiger charge is 2.37. The molecule has 5 nitrogen and oxygen atoms in total. The molecule has 1 aliphatic carbocycles. The lowest BCUT2D eigenvalue weighted by atomic mass is 10.1. The van der Waals surface area contributed by atoms with Gasteiger partial charge in [-0.2, -0.15) is 0 Å². The van der Waals surface area contributed by atoms with Gasteiger partial charge in [0.2, 0.25) is 0 Å². The van der Waals surface area contributed by atoms with E-state index in [2.05, 4.69) is 5.32 Å². The molecule has 0 radical (unpaired) electrons. The number of aliphatic hydroxyl groups excluding tert-OH is 2. The third kappa shape index (κ3) is 4.12. The van der Waals surface area contributed by atoms with Gasteiger partial charge in [0.25, 0.3) is 5.91 Å². The molecule has 1 aromatic carbocycles. The maximum Gasteiger partial charge on any atom is 0.263 e. The van der Waals surface area contributed by atoms with Gasteiger partial charge in [-0.15, -0.1) is 0 Å². The second kappa shape index (κ2) is 6.86. The zero-order chi connectivity index (χ0) is 16.3. The lowest BCUT2D eigenvalue weighted by Crippen LogP contribution is -2.49. The predicted molar refractivity (Wildman–Crippen MR) is 83.9 cm³/mol. The van der Waals surface area contributed by atoms with Gasteiger partial charge in [-0.1, -0.05) is 11.6 Å². The number of carbonyl (C=O) groups is 1. The lowest BCUT2D eigenvalue weighted by Gasteiger charge is -2.27. The minimum absolute atomic E-state index is 0.0712. The van der Waals surface area contributed by atoms with E-state index in [9.17, 15) is 9.90 Å². The quantitative estimate of drug-likeness (QED) is 0.770. The van der Waals surface area contributed by atoms with Gasteiger partial charge in [0, 0.05) is 23.6 Å². The van der Waals surface area contributed by atoms with Crippen molar-refractivity contribution in [3.63, 3.8) is 0 Å². The van der Waals surface area contributed by atoms with Crippen molar-refractivity contribution in [2.24, 2.45) is 5.92 Å². The number of hydrogen-bond donors (Lipinski definition) is 3. The minimum Gasteiger partial charge on any atom is -0.478 e. The van der Waals surface area contributed by atoms with Crippen LogP contribution in [0, 0.1) is 5.92 Å². The summed E-state index contributed by atoms with van der Waals surface area (Å²) in [5.74, 6) is 0.132. The highest BCUT2D eigenvalue weighted by Crippen LogP contribution is 2.27. The van der Waals surface area contributed by atoms with Crippen LogP contribution in [-0.4, -0.2) is 40.5 Å². The summed E-state index contributed by atoms with van der Waals surface area (Å²) in [4.78, 5) is 12.4. The maximum atomic E-state index is 12.4. The number of ether oxygens (including phenoxy) is 1. The summed E-state index contributed by atoms with van der Waals surface area (Å²) in [5, 5.41) is 22.4. The fourth-order valence-corrected chi connectivity index (χ4v) is 2.75. The van der Waals surface area contributed by atoms with Gasteiger partial charge < -0.3 is 20.3 Å². The van der Waals surface area contributed by atoms with Gasteiger partial charge in [-0.25, -0.2) is 0 Å². The van der Waals surface area contributed by atoms with Crippen LogP contribution in [0.4, 0.5) is 0 Å². The minimum atomic E-state index is -1.05. The molecule has 0 bridgehead atoms. The van der Waals surface area contributed by atoms with Gasteiger partial charge in [0.15, 0.2) is 5.60 Å². The molecular weight excluding hydrogens is 306 g/mol. The summed E-state index contributed by atoms with van der Waals surface area (Å²) in [6.07, 6.45) is 0.449. The van der Waals surface area contributed by atoms with E-state index < -0.39 is 11.7 Å². The molecule has 6 heteroatoms. The number of nitrogens with one attached hydrogen (secondary N) is 1. The molecule has 3 atom stereocenters. The Morgan fingerprint density at radius 3 is 2.55 bits per heavy atom. The fraction of sp³-hybridized carbons (Fsp3) is 0.562. The first kappa shape index (κ1) is 17.1. The molecule has 22 heavy (non-hydrogen) atoms. The summed E-state index contributed by atoms with van der Waals surface area (Å²) in [7, 11) is 0. The Hall–Kier alpha value is -1.30. The zero-order valence-corrected chi connectivity index (χ0v) is 13.5. The molecule has 0 heterocycles. The van der Waals surface area contributed by atoms with Crippen LogP contribution in [0.25, 0.3) is 0 Å². The average molecular weight is 328 g/mol.